The molecule has 27 heavy (non-hydrogen) atoms. The van der Waals surface area contributed by atoms with Gasteiger partial charge in [0.15, 0.2) is 0 Å². The zero-order valence-corrected chi connectivity index (χ0v) is 16.8. The Kier molecular flexibility index (Phi) is 8.02. The highest BCUT2D eigenvalue weighted by atomic mass is 79.9. The number of halogens is 1. The van der Waals surface area contributed by atoms with Crippen molar-refractivity contribution in [1.29, 1.82) is 5.26 Å². The minimum atomic E-state index is -0.181. The number of amides is 2. The zero-order chi connectivity index (χ0) is 19.6. The maximum atomic E-state index is 12.6. The van der Waals surface area contributed by atoms with Crippen molar-refractivity contribution in [2.45, 2.75) is 32.2 Å². The van der Waals surface area contributed by atoms with Crippen LogP contribution in [0.25, 0.3) is 0 Å². The van der Waals surface area contributed by atoms with E-state index < -0.39 is 0 Å². The van der Waals surface area contributed by atoms with Gasteiger partial charge in [-0.15, -0.1) is 0 Å². The Bertz CT molecular complexity index is 818. The number of hydrogen-bond donors (Lipinski definition) is 1. The molecule has 0 aromatic heterocycles. The Morgan fingerprint density at radius 1 is 1.11 bits per heavy atom. The van der Waals surface area contributed by atoms with Crippen LogP contribution >= 0.6 is 15.9 Å². The van der Waals surface area contributed by atoms with Gasteiger partial charge in [-0.2, -0.15) is 5.26 Å². The molecule has 0 radical (unpaired) electrons. The van der Waals surface area contributed by atoms with Crippen LogP contribution in [-0.2, 0) is 9.59 Å². The first-order valence-corrected chi connectivity index (χ1v) is 9.58. The summed E-state index contributed by atoms with van der Waals surface area (Å²) in [5.41, 5.74) is 1.72. The molecule has 2 amide bonds. The SMILES string of the molecule is CC(NC(=O)CCC(=O)N(CCC#N)c1ccccc1)c1ccccc1Br. The van der Waals surface area contributed by atoms with Crippen molar-refractivity contribution in [3.05, 3.63) is 64.6 Å². The van der Waals surface area contributed by atoms with E-state index in [-0.39, 0.29) is 37.1 Å². The molecule has 1 unspecified atom stereocenters. The molecule has 2 aromatic carbocycles. The quantitative estimate of drug-likeness (QED) is 0.679. The smallest absolute Gasteiger partial charge is 0.227 e. The fourth-order valence-electron chi connectivity index (χ4n) is 2.74. The molecule has 6 heteroatoms. The highest BCUT2D eigenvalue weighted by molar-refractivity contribution is 9.10. The maximum absolute atomic E-state index is 12.6. The summed E-state index contributed by atoms with van der Waals surface area (Å²) in [4.78, 5) is 26.4. The summed E-state index contributed by atoms with van der Waals surface area (Å²) in [6.45, 7) is 2.22. The summed E-state index contributed by atoms with van der Waals surface area (Å²) >= 11 is 3.48. The zero-order valence-electron chi connectivity index (χ0n) is 15.2. The molecule has 0 heterocycles. The summed E-state index contributed by atoms with van der Waals surface area (Å²) in [5.74, 6) is -0.347. The predicted octanol–water partition coefficient (Wildman–Crippen LogP) is 4.35. The van der Waals surface area contributed by atoms with Gasteiger partial charge in [-0.25, -0.2) is 0 Å². The maximum Gasteiger partial charge on any atom is 0.227 e. The molecule has 0 bridgehead atoms. The molecule has 1 N–H and O–H groups in total. The summed E-state index contributed by atoms with van der Waals surface area (Å²) in [6, 6.07) is 18.8. The first-order valence-electron chi connectivity index (χ1n) is 8.79. The van der Waals surface area contributed by atoms with Crippen LogP contribution in [0.2, 0.25) is 0 Å². The molecule has 0 aliphatic carbocycles. The van der Waals surface area contributed by atoms with Crippen molar-refractivity contribution < 1.29 is 9.59 Å². The lowest BCUT2D eigenvalue weighted by molar-refractivity contribution is -0.125. The van der Waals surface area contributed by atoms with Gasteiger partial charge >= 0.3 is 0 Å². The lowest BCUT2D eigenvalue weighted by Gasteiger charge is -2.22. The van der Waals surface area contributed by atoms with Gasteiger partial charge in [0.1, 0.15) is 0 Å². The predicted molar refractivity (Wildman–Crippen MR) is 109 cm³/mol. The van der Waals surface area contributed by atoms with E-state index >= 15 is 0 Å². The molecule has 1 atom stereocenters. The average Bonchev–Trinajstić information content (AvgIpc) is 2.67. The number of nitrogens with one attached hydrogen (secondary N) is 1. The van der Waals surface area contributed by atoms with Crippen LogP contribution in [0.3, 0.4) is 0 Å². The largest absolute Gasteiger partial charge is 0.350 e. The highest BCUT2D eigenvalue weighted by Gasteiger charge is 2.18. The van der Waals surface area contributed by atoms with Gasteiger partial charge in [-0.1, -0.05) is 52.3 Å². The number of benzene rings is 2. The second-order valence-corrected chi connectivity index (χ2v) is 6.95. The molecule has 2 rings (SSSR count). The number of para-hydroxylation sites is 1. The van der Waals surface area contributed by atoms with Gasteiger partial charge in [-0.3, -0.25) is 9.59 Å². The number of rotatable bonds is 8. The number of nitriles is 1. The molecular weight excluding hydrogens is 406 g/mol. The Morgan fingerprint density at radius 3 is 2.44 bits per heavy atom. The van der Waals surface area contributed by atoms with Crippen LogP contribution in [-0.4, -0.2) is 18.4 Å². The second-order valence-electron chi connectivity index (χ2n) is 6.10. The van der Waals surface area contributed by atoms with Crippen molar-refractivity contribution in [2.75, 3.05) is 11.4 Å². The fraction of sp³-hybridized carbons (Fsp3) is 0.286. The van der Waals surface area contributed by atoms with Crippen molar-refractivity contribution in [1.82, 2.24) is 5.32 Å². The van der Waals surface area contributed by atoms with Gasteiger partial charge in [0.2, 0.25) is 11.8 Å². The van der Waals surface area contributed by atoms with Crippen LogP contribution in [0.15, 0.2) is 59.1 Å². The van der Waals surface area contributed by atoms with Crippen LogP contribution in [0.5, 0.6) is 0 Å². The Morgan fingerprint density at radius 2 is 1.78 bits per heavy atom. The van der Waals surface area contributed by atoms with Gasteiger partial charge in [0, 0.05) is 29.5 Å². The van der Waals surface area contributed by atoms with Gasteiger partial charge < -0.3 is 10.2 Å². The third kappa shape index (κ3) is 6.22. The Hall–Kier alpha value is -2.65. The van der Waals surface area contributed by atoms with Crippen molar-refractivity contribution >= 4 is 33.4 Å². The Labute approximate surface area is 168 Å². The van der Waals surface area contributed by atoms with E-state index in [1.165, 1.54) is 0 Å². The summed E-state index contributed by atoms with van der Waals surface area (Å²) < 4.78 is 0.931. The van der Waals surface area contributed by atoms with Crippen molar-refractivity contribution in [3.63, 3.8) is 0 Å². The molecule has 0 fully saturated rings. The lowest BCUT2D eigenvalue weighted by Crippen LogP contribution is -2.33. The van der Waals surface area contributed by atoms with E-state index in [0.717, 1.165) is 15.7 Å². The van der Waals surface area contributed by atoms with Crippen LogP contribution in [0.4, 0.5) is 5.69 Å². The standard InChI is InChI=1S/C21H22BrN3O2/c1-16(18-10-5-6-11-19(18)22)24-20(26)12-13-21(27)25(15-7-14-23)17-8-3-2-4-9-17/h2-6,8-11,16H,7,12-13,15H2,1H3,(H,24,26). The fourth-order valence-corrected chi connectivity index (χ4v) is 3.37. The first-order chi connectivity index (χ1) is 13.0. The van der Waals surface area contributed by atoms with Crippen LogP contribution < -0.4 is 10.2 Å². The van der Waals surface area contributed by atoms with Crippen LogP contribution in [0, 0.1) is 11.3 Å². The van der Waals surface area contributed by atoms with E-state index in [2.05, 4.69) is 27.3 Å². The molecule has 5 nitrogen and oxygen atoms in total. The molecular formula is C21H22BrN3O2. The molecule has 0 aliphatic rings. The van der Waals surface area contributed by atoms with Crippen LogP contribution in [0.1, 0.15) is 37.8 Å². The summed E-state index contributed by atoms with van der Waals surface area (Å²) in [7, 11) is 0. The first kappa shape index (κ1) is 20.7. The number of nitrogens with zero attached hydrogens (tertiary/aromatic N) is 2. The number of carbonyl (C=O) groups is 2. The lowest BCUT2D eigenvalue weighted by atomic mass is 10.1. The second kappa shape index (κ2) is 10.5. The minimum Gasteiger partial charge on any atom is -0.350 e. The monoisotopic (exact) mass is 427 g/mol. The Balaban J connectivity index is 1.93. The third-order valence-electron chi connectivity index (χ3n) is 4.13. The molecule has 140 valence electrons. The van der Waals surface area contributed by atoms with Crippen molar-refractivity contribution in [3.8, 4) is 6.07 Å². The van der Waals surface area contributed by atoms with E-state index in [0.29, 0.717) is 6.54 Å². The third-order valence-corrected chi connectivity index (χ3v) is 4.85. The molecule has 0 saturated carbocycles. The molecule has 2 aromatic rings. The average molecular weight is 428 g/mol. The highest BCUT2D eigenvalue weighted by Crippen LogP contribution is 2.23. The van der Waals surface area contributed by atoms with Gasteiger partial charge in [0.25, 0.3) is 0 Å². The van der Waals surface area contributed by atoms with Gasteiger partial charge in [-0.05, 0) is 30.7 Å². The normalized spacial score (nSPS) is 11.3. The van der Waals surface area contributed by atoms with E-state index in [9.17, 15) is 9.59 Å². The van der Waals surface area contributed by atoms with E-state index in [4.69, 9.17) is 5.26 Å². The summed E-state index contributed by atoms with van der Waals surface area (Å²) in [6.07, 6.45) is 0.435. The van der Waals surface area contributed by atoms with E-state index in [1.54, 1.807) is 4.90 Å². The topological polar surface area (TPSA) is 73.2 Å². The number of hydrogen-bond acceptors (Lipinski definition) is 3. The van der Waals surface area contributed by atoms with E-state index in [1.807, 2.05) is 61.5 Å². The molecule has 0 aliphatic heterocycles. The molecule has 0 spiro atoms. The van der Waals surface area contributed by atoms with Gasteiger partial charge in [0.05, 0.1) is 18.5 Å². The number of carbonyl (C=O) groups excluding carboxylic acids is 2. The number of anilines is 1. The summed E-state index contributed by atoms with van der Waals surface area (Å²) in [5, 5.41) is 11.8. The minimum absolute atomic E-state index is 0.0921. The molecule has 0 saturated heterocycles. The van der Waals surface area contributed by atoms with Crippen molar-refractivity contribution in [2.24, 2.45) is 0 Å².